The van der Waals surface area contributed by atoms with Crippen molar-refractivity contribution in [2.24, 2.45) is 0 Å². The maximum absolute atomic E-state index is 14.6. The second-order valence-electron chi connectivity index (χ2n) is 6.78. The summed E-state index contributed by atoms with van der Waals surface area (Å²) in [5.41, 5.74) is 0.974. The van der Waals surface area contributed by atoms with E-state index in [1.165, 1.54) is 10.4 Å². The molecule has 1 aromatic rings. The topological polar surface area (TPSA) is 84.9 Å². The number of nitrogens with zero attached hydrogens (tertiary/aromatic N) is 1. The highest BCUT2D eigenvalue weighted by Gasteiger charge is 2.41. The van der Waals surface area contributed by atoms with Crippen molar-refractivity contribution in [3.63, 3.8) is 0 Å². The Labute approximate surface area is 151 Å². The van der Waals surface area contributed by atoms with Crippen molar-refractivity contribution in [3.05, 3.63) is 23.5 Å². The maximum Gasteiger partial charge on any atom is 0.246 e. The lowest BCUT2D eigenvalue weighted by Crippen LogP contribution is -2.50. The van der Waals surface area contributed by atoms with Gasteiger partial charge in [-0.25, -0.2) is 12.8 Å². The van der Waals surface area contributed by atoms with Gasteiger partial charge in [0, 0.05) is 18.7 Å². The predicted molar refractivity (Wildman–Crippen MR) is 90.6 cm³/mol. The Morgan fingerprint density at radius 2 is 1.92 bits per heavy atom. The smallest absolute Gasteiger partial charge is 0.246 e. The van der Waals surface area contributed by atoms with Gasteiger partial charge in [-0.1, -0.05) is 6.42 Å². The van der Waals surface area contributed by atoms with E-state index in [-0.39, 0.29) is 17.2 Å². The van der Waals surface area contributed by atoms with Gasteiger partial charge in [0.25, 0.3) is 0 Å². The third-order valence-electron chi connectivity index (χ3n) is 5.10. The van der Waals surface area contributed by atoms with E-state index in [0.717, 1.165) is 12.5 Å². The van der Waals surface area contributed by atoms with Crippen LogP contribution in [0.5, 0.6) is 0 Å². The minimum absolute atomic E-state index is 0.195. The molecule has 1 unspecified atom stereocenters. The molecule has 1 N–H and O–H groups in total. The second-order valence-corrected chi connectivity index (χ2v) is 8.64. The molecule has 0 saturated carbocycles. The van der Waals surface area contributed by atoms with E-state index in [2.05, 4.69) is 5.32 Å². The summed E-state index contributed by atoms with van der Waals surface area (Å²) < 4.78 is 53.4. The summed E-state index contributed by atoms with van der Waals surface area (Å²) in [6.07, 6.45) is 2.25. The summed E-state index contributed by atoms with van der Waals surface area (Å²) in [7, 11) is -4.04. The minimum Gasteiger partial charge on any atom is -0.349 e. The van der Waals surface area contributed by atoms with E-state index in [0.29, 0.717) is 50.3 Å². The van der Waals surface area contributed by atoms with Crippen molar-refractivity contribution in [1.29, 1.82) is 0 Å². The van der Waals surface area contributed by atoms with E-state index < -0.39 is 28.2 Å². The highest BCUT2D eigenvalue weighted by Crippen LogP contribution is 2.34. The van der Waals surface area contributed by atoms with Crippen LogP contribution in [0, 0.1) is 5.82 Å². The van der Waals surface area contributed by atoms with Crippen LogP contribution in [-0.4, -0.2) is 50.7 Å². The largest absolute Gasteiger partial charge is 0.349 e. The molecule has 1 aromatic carbocycles. The van der Waals surface area contributed by atoms with E-state index in [1.54, 1.807) is 0 Å². The molecule has 142 valence electrons. The number of ether oxygens (including phenoxy) is 2. The number of fused-ring (bicyclic) bond motifs is 1. The van der Waals surface area contributed by atoms with Gasteiger partial charge in [0.05, 0.1) is 19.3 Å². The number of nitrogens with one attached hydrogen (secondary N) is 1. The summed E-state index contributed by atoms with van der Waals surface area (Å²) >= 11 is 0. The molecular formula is C17H21FN2O5S. The van der Waals surface area contributed by atoms with Crippen LogP contribution in [-0.2, 0) is 30.7 Å². The summed E-state index contributed by atoms with van der Waals surface area (Å²) in [6, 6.07) is 1.99. The predicted octanol–water partition coefficient (Wildman–Crippen LogP) is 1.63. The fourth-order valence-corrected chi connectivity index (χ4v) is 5.58. The molecule has 2 fully saturated rings. The van der Waals surface area contributed by atoms with Gasteiger partial charge in [0.1, 0.15) is 10.7 Å². The molecule has 3 aliphatic rings. The van der Waals surface area contributed by atoms with Crippen LogP contribution in [0.3, 0.4) is 0 Å². The molecule has 0 spiro atoms. The minimum atomic E-state index is -4.04. The second kappa shape index (κ2) is 6.88. The van der Waals surface area contributed by atoms with Gasteiger partial charge in [-0.05, 0) is 37.0 Å². The standard InChI is InChI=1S/C17H21FN2O5S/c18-12-10-13-11(4-5-16(21)19-13)9-15(12)26(22,23)20-6-2-1-3-14(20)17-24-7-8-25-17/h9-10,14,17H,1-8H2,(H,19,21). The monoisotopic (exact) mass is 384 g/mol. The van der Waals surface area contributed by atoms with E-state index in [9.17, 15) is 17.6 Å². The average Bonchev–Trinajstić information content (AvgIpc) is 3.15. The molecule has 0 aromatic heterocycles. The Bertz CT molecular complexity index is 823. The first-order valence-electron chi connectivity index (χ1n) is 8.84. The van der Waals surface area contributed by atoms with Crippen molar-refractivity contribution in [1.82, 2.24) is 4.31 Å². The number of piperidine rings is 1. The molecule has 0 aliphatic carbocycles. The molecule has 0 bridgehead atoms. The third kappa shape index (κ3) is 3.13. The number of halogens is 1. The summed E-state index contributed by atoms with van der Waals surface area (Å²) in [5.74, 6) is -1.05. The first-order valence-corrected chi connectivity index (χ1v) is 10.3. The number of amides is 1. The van der Waals surface area contributed by atoms with Crippen molar-refractivity contribution >= 4 is 21.6 Å². The lowest BCUT2D eigenvalue weighted by Gasteiger charge is -2.37. The number of rotatable bonds is 3. The van der Waals surface area contributed by atoms with Crippen LogP contribution < -0.4 is 5.32 Å². The Balaban J connectivity index is 1.70. The SMILES string of the molecule is O=C1CCc2cc(S(=O)(=O)N3CCCCC3C3OCCO3)c(F)cc2N1. The lowest BCUT2D eigenvalue weighted by atomic mass is 10.0. The zero-order valence-electron chi connectivity index (χ0n) is 14.2. The number of aryl methyl sites for hydroxylation is 1. The highest BCUT2D eigenvalue weighted by atomic mass is 32.2. The Morgan fingerprint density at radius 3 is 2.69 bits per heavy atom. The van der Waals surface area contributed by atoms with E-state index in [1.807, 2.05) is 0 Å². The van der Waals surface area contributed by atoms with Gasteiger partial charge in [-0.2, -0.15) is 4.31 Å². The Kier molecular flexibility index (Phi) is 4.72. The molecule has 7 nitrogen and oxygen atoms in total. The lowest BCUT2D eigenvalue weighted by molar-refractivity contribution is -0.116. The van der Waals surface area contributed by atoms with Crippen LogP contribution in [0.4, 0.5) is 10.1 Å². The first kappa shape index (κ1) is 17.8. The molecule has 26 heavy (non-hydrogen) atoms. The number of benzene rings is 1. The molecule has 0 radical (unpaired) electrons. The number of sulfonamides is 1. The molecule has 1 amide bonds. The van der Waals surface area contributed by atoms with E-state index in [4.69, 9.17) is 9.47 Å². The zero-order chi connectivity index (χ0) is 18.3. The molecule has 9 heteroatoms. The normalized spacial score (nSPS) is 25.1. The molecule has 2 saturated heterocycles. The fraction of sp³-hybridized carbons (Fsp3) is 0.588. The number of hydrogen-bond acceptors (Lipinski definition) is 5. The molecular weight excluding hydrogens is 363 g/mol. The summed E-state index contributed by atoms with van der Waals surface area (Å²) in [5, 5.41) is 2.59. The maximum atomic E-state index is 14.6. The van der Waals surface area contributed by atoms with Crippen LogP contribution in [0.15, 0.2) is 17.0 Å². The number of anilines is 1. The third-order valence-corrected chi connectivity index (χ3v) is 7.04. The number of carbonyl (C=O) groups excluding carboxylic acids is 1. The number of carbonyl (C=O) groups is 1. The Hall–Kier alpha value is -1.55. The molecule has 4 rings (SSSR count). The van der Waals surface area contributed by atoms with Gasteiger partial charge in [0.2, 0.25) is 15.9 Å². The summed E-state index contributed by atoms with van der Waals surface area (Å²) in [4.78, 5) is 11.1. The van der Waals surface area contributed by atoms with Crippen LogP contribution in [0.2, 0.25) is 0 Å². The molecule has 1 atom stereocenters. The van der Waals surface area contributed by atoms with Crippen LogP contribution >= 0.6 is 0 Å². The van der Waals surface area contributed by atoms with E-state index >= 15 is 0 Å². The highest BCUT2D eigenvalue weighted by molar-refractivity contribution is 7.89. The van der Waals surface area contributed by atoms with Crippen molar-refractivity contribution in [2.75, 3.05) is 25.1 Å². The van der Waals surface area contributed by atoms with Crippen LogP contribution in [0.1, 0.15) is 31.2 Å². The van der Waals surface area contributed by atoms with Crippen molar-refractivity contribution < 1.29 is 27.1 Å². The van der Waals surface area contributed by atoms with Crippen molar-refractivity contribution in [2.45, 2.75) is 49.3 Å². The first-order chi connectivity index (χ1) is 12.5. The average molecular weight is 384 g/mol. The van der Waals surface area contributed by atoms with Gasteiger partial charge < -0.3 is 14.8 Å². The molecule has 3 aliphatic heterocycles. The van der Waals surface area contributed by atoms with Crippen molar-refractivity contribution in [3.8, 4) is 0 Å². The van der Waals surface area contributed by atoms with Gasteiger partial charge in [-0.15, -0.1) is 0 Å². The zero-order valence-corrected chi connectivity index (χ0v) is 15.1. The fourth-order valence-electron chi connectivity index (χ4n) is 3.80. The quantitative estimate of drug-likeness (QED) is 0.856. The number of hydrogen-bond donors (Lipinski definition) is 1. The summed E-state index contributed by atoms with van der Waals surface area (Å²) in [6.45, 7) is 1.17. The van der Waals surface area contributed by atoms with Gasteiger partial charge >= 0.3 is 0 Å². The van der Waals surface area contributed by atoms with Gasteiger partial charge in [-0.3, -0.25) is 4.79 Å². The Morgan fingerprint density at radius 1 is 1.15 bits per heavy atom. The van der Waals surface area contributed by atoms with Crippen LogP contribution in [0.25, 0.3) is 0 Å². The molecule has 3 heterocycles. The van der Waals surface area contributed by atoms with Gasteiger partial charge in [0.15, 0.2) is 6.29 Å².